The zero-order valence-electron chi connectivity index (χ0n) is 11.9. The van der Waals surface area contributed by atoms with Gasteiger partial charge in [-0.25, -0.2) is 0 Å². The van der Waals surface area contributed by atoms with E-state index in [4.69, 9.17) is 5.73 Å². The Kier molecular flexibility index (Phi) is 12.0. The van der Waals surface area contributed by atoms with E-state index in [9.17, 15) is 4.79 Å². The van der Waals surface area contributed by atoms with Gasteiger partial charge in [0.1, 0.15) is 0 Å². The van der Waals surface area contributed by atoms with Gasteiger partial charge in [-0.15, -0.1) is 6.58 Å². The van der Waals surface area contributed by atoms with Gasteiger partial charge in [0.2, 0.25) is 5.91 Å². The molecule has 0 heterocycles. The van der Waals surface area contributed by atoms with Crippen molar-refractivity contribution in [3.8, 4) is 0 Å². The molecule has 0 unspecified atom stereocenters. The normalized spacial score (nSPS) is 8.06. The summed E-state index contributed by atoms with van der Waals surface area (Å²) in [5, 5.41) is 0. The van der Waals surface area contributed by atoms with Crippen molar-refractivity contribution in [1.29, 1.82) is 0 Å². The molecule has 0 spiro atoms. The second-order valence-electron chi connectivity index (χ2n) is 3.63. The van der Waals surface area contributed by atoms with E-state index in [2.05, 4.69) is 11.3 Å². The van der Waals surface area contributed by atoms with Gasteiger partial charge in [-0.2, -0.15) is 0 Å². The zero-order chi connectivity index (χ0) is 14.6. The Balaban J connectivity index is 0. The number of carbonyl (C=O) groups excluding carboxylic acids is 1. The molecule has 0 radical (unpaired) electrons. The molecule has 0 bridgehead atoms. The molecule has 2 N–H and O–H groups in total. The van der Waals surface area contributed by atoms with Crippen LogP contribution in [0.5, 0.6) is 0 Å². The molecule has 4 heteroatoms. The van der Waals surface area contributed by atoms with Gasteiger partial charge in [-0.3, -0.25) is 4.79 Å². The van der Waals surface area contributed by atoms with E-state index >= 15 is 0 Å². The number of hydrogen-bond donors (Lipinski definition) is 1. The lowest BCUT2D eigenvalue weighted by Crippen LogP contribution is -2.13. The Morgan fingerprint density at radius 2 is 1.83 bits per heavy atom. The van der Waals surface area contributed by atoms with Crippen LogP contribution < -0.4 is 10.6 Å². The molecule has 0 saturated carbocycles. The van der Waals surface area contributed by atoms with Crippen molar-refractivity contribution in [3.05, 3.63) is 42.5 Å². The minimum atomic E-state index is -0.390. The van der Waals surface area contributed by atoms with Crippen LogP contribution in [0.2, 0.25) is 0 Å². The molecular formula is C14H24N2O2. The Morgan fingerprint density at radius 1 is 1.39 bits per heavy atom. The van der Waals surface area contributed by atoms with Gasteiger partial charge in [0.25, 0.3) is 0 Å². The van der Waals surface area contributed by atoms with E-state index in [0.717, 1.165) is 5.69 Å². The molecule has 0 saturated heterocycles. The SMILES string of the molecule is C=CC.CN(C)c1cccc(C(N)=O)c1.COC. The van der Waals surface area contributed by atoms with Crippen LogP contribution in [0.15, 0.2) is 36.9 Å². The molecule has 0 atom stereocenters. The fourth-order valence-electron chi connectivity index (χ4n) is 0.937. The topological polar surface area (TPSA) is 55.6 Å². The molecule has 0 aliphatic heterocycles. The molecule has 1 aromatic rings. The molecule has 0 fully saturated rings. The summed E-state index contributed by atoms with van der Waals surface area (Å²) in [5.74, 6) is -0.390. The number of amides is 1. The maximum Gasteiger partial charge on any atom is 0.248 e. The van der Waals surface area contributed by atoms with Crippen LogP contribution in [0.4, 0.5) is 5.69 Å². The number of allylic oxidation sites excluding steroid dienone is 1. The summed E-state index contributed by atoms with van der Waals surface area (Å²) < 4.78 is 4.25. The highest BCUT2D eigenvalue weighted by atomic mass is 16.4. The van der Waals surface area contributed by atoms with Gasteiger partial charge in [0.05, 0.1) is 0 Å². The van der Waals surface area contributed by atoms with E-state index in [1.165, 1.54) is 0 Å². The first-order valence-corrected chi connectivity index (χ1v) is 5.48. The minimum absolute atomic E-state index is 0.390. The lowest BCUT2D eigenvalue weighted by molar-refractivity contribution is 0.100. The Labute approximate surface area is 110 Å². The van der Waals surface area contributed by atoms with Crippen molar-refractivity contribution in [1.82, 2.24) is 0 Å². The number of nitrogens with zero attached hydrogens (tertiary/aromatic N) is 1. The van der Waals surface area contributed by atoms with E-state index in [1.807, 2.05) is 38.1 Å². The van der Waals surface area contributed by atoms with Crippen LogP contribution in [-0.4, -0.2) is 34.2 Å². The monoisotopic (exact) mass is 252 g/mol. The van der Waals surface area contributed by atoms with Crippen LogP contribution in [0.1, 0.15) is 17.3 Å². The summed E-state index contributed by atoms with van der Waals surface area (Å²) in [6.45, 7) is 5.25. The molecule has 4 nitrogen and oxygen atoms in total. The molecule has 18 heavy (non-hydrogen) atoms. The molecule has 1 amide bonds. The van der Waals surface area contributed by atoms with E-state index in [-0.39, 0.29) is 0 Å². The fourth-order valence-corrected chi connectivity index (χ4v) is 0.937. The lowest BCUT2D eigenvalue weighted by Gasteiger charge is -2.12. The zero-order valence-corrected chi connectivity index (χ0v) is 11.9. The first-order valence-electron chi connectivity index (χ1n) is 5.48. The third-order valence-electron chi connectivity index (χ3n) is 1.65. The first-order chi connectivity index (χ1) is 8.44. The summed E-state index contributed by atoms with van der Waals surface area (Å²) >= 11 is 0. The van der Waals surface area contributed by atoms with E-state index in [1.54, 1.807) is 32.4 Å². The number of nitrogens with two attached hydrogens (primary N) is 1. The smallest absolute Gasteiger partial charge is 0.248 e. The predicted octanol–water partition coefficient (Wildman–Crippen LogP) is 2.31. The van der Waals surface area contributed by atoms with Crippen molar-refractivity contribution in [2.75, 3.05) is 33.2 Å². The average Bonchev–Trinajstić information content (AvgIpc) is 2.31. The third-order valence-corrected chi connectivity index (χ3v) is 1.65. The van der Waals surface area contributed by atoms with Gasteiger partial charge in [0, 0.05) is 39.6 Å². The largest absolute Gasteiger partial charge is 0.388 e. The van der Waals surface area contributed by atoms with E-state index in [0.29, 0.717) is 5.56 Å². The number of carbonyl (C=O) groups is 1. The molecule has 1 rings (SSSR count). The fraction of sp³-hybridized carbons (Fsp3) is 0.357. The minimum Gasteiger partial charge on any atom is -0.388 e. The van der Waals surface area contributed by atoms with Crippen LogP contribution in [-0.2, 0) is 4.74 Å². The number of benzene rings is 1. The standard InChI is InChI=1S/C9H12N2O.C3H6.C2H6O/c1-11(2)8-5-3-4-7(6-8)9(10)12;2*1-3-2/h3-6H,1-2H3,(H2,10,12);3H,1H2,2H3;1-2H3. The van der Waals surface area contributed by atoms with E-state index < -0.39 is 5.91 Å². The number of hydrogen-bond acceptors (Lipinski definition) is 3. The molecule has 1 aromatic carbocycles. The van der Waals surface area contributed by atoms with Gasteiger partial charge in [-0.1, -0.05) is 12.1 Å². The highest BCUT2D eigenvalue weighted by Gasteiger charge is 2.01. The van der Waals surface area contributed by atoms with Gasteiger partial charge in [0.15, 0.2) is 0 Å². The molecule has 0 aliphatic carbocycles. The summed E-state index contributed by atoms with van der Waals surface area (Å²) in [6.07, 6.45) is 1.75. The highest BCUT2D eigenvalue weighted by Crippen LogP contribution is 2.12. The third kappa shape index (κ3) is 9.42. The van der Waals surface area contributed by atoms with Gasteiger partial charge in [-0.05, 0) is 25.1 Å². The maximum atomic E-state index is 10.8. The highest BCUT2D eigenvalue weighted by molar-refractivity contribution is 5.93. The second kappa shape index (κ2) is 11.7. The Morgan fingerprint density at radius 3 is 2.17 bits per heavy atom. The van der Waals surface area contributed by atoms with Crippen LogP contribution >= 0.6 is 0 Å². The van der Waals surface area contributed by atoms with Crippen LogP contribution in [0.25, 0.3) is 0 Å². The van der Waals surface area contributed by atoms with Crippen molar-refractivity contribution < 1.29 is 9.53 Å². The number of primary amides is 1. The number of anilines is 1. The molecule has 0 aromatic heterocycles. The summed E-state index contributed by atoms with van der Waals surface area (Å²) in [4.78, 5) is 12.7. The second-order valence-corrected chi connectivity index (χ2v) is 3.63. The lowest BCUT2D eigenvalue weighted by atomic mass is 10.2. The number of methoxy groups -OCH3 is 1. The van der Waals surface area contributed by atoms with Gasteiger partial charge >= 0.3 is 0 Å². The summed E-state index contributed by atoms with van der Waals surface area (Å²) in [5.41, 5.74) is 6.65. The molecule has 0 aliphatic rings. The Hall–Kier alpha value is -1.81. The molecule has 102 valence electrons. The van der Waals surface area contributed by atoms with Crippen molar-refractivity contribution >= 4 is 11.6 Å². The summed E-state index contributed by atoms with van der Waals surface area (Å²) in [6, 6.07) is 7.21. The Bertz CT molecular complexity index is 349. The van der Waals surface area contributed by atoms with Crippen LogP contribution in [0.3, 0.4) is 0 Å². The average molecular weight is 252 g/mol. The predicted molar refractivity (Wildman–Crippen MR) is 78.1 cm³/mol. The van der Waals surface area contributed by atoms with Crippen molar-refractivity contribution in [2.45, 2.75) is 6.92 Å². The summed E-state index contributed by atoms with van der Waals surface area (Å²) in [7, 11) is 7.08. The quantitative estimate of drug-likeness (QED) is 0.822. The van der Waals surface area contributed by atoms with Crippen molar-refractivity contribution in [2.24, 2.45) is 5.73 Å². The van der Waals surface area contributed by atoms with Crippen molar-refractivity contribution in [3.63, 3.8) is 0 Å². The number of rotatable bonds is 2. The molecular weight excluding hydrogens is 228 g/mol. The van der Waals surface area contributed by atoms with Crippen LogP contribution in [0, 0.1) is 0 Å². The van der Waals surface area contributed by atoms with Gasteiger partial charge < -0.3 is 15.4 Å². The first kappa shape index (κ1) is 18.6. The maximum absolute atomic E-state index is 10.8. The number of ether oxygens (including phenoxy) is 1.